The smallest absolute Gasteiger partial charge is 0.330 e. The van der Waals surface area contributed by atoms with Gasteiger partial charge in [0.15, 0.2) is 5.65 Å². The van der Waals surface area contributed by atoms with Crippen molar-refractivity contribution in [1.29, 1.82) is 0 Å². The van der Waals surface area contributed by atoms with Crippen molar-refractivity contribution in [1.82, 2.24) is 28.6 Å². The van der Waals surface area contributed by atoms with Crippen LogP contribution in [0.3, 0.4) is 0 Å². The van der Waals surface area contributed by atoms with Crippen molar-refractivity contribution < 1.29 is 9.18 Å². The Hall–Kier alpha value is -4.27. The number of fused-ring (bicyclic) bond motifs is 2. The van der Waals surface area contributed by atoms with E-state index in [9.17, 15) is 14.0 Å². The van der Waals surface area contributed by atoms with Gasteiger partial charge in [0.2, 0.25) is 0 Å². The van der Waals surface area contributed by atoms with E-state index < -0.39 is 0 Å². The molecule has 5 aromatic rings. The van der Waals surface area contributed by atoms with Crippen LogP contribution in [0.2, 0.25) is 0 Å². The van der Waals surface area contributed by atoms with Crippen LogP contribution in [-0.4, -0.2) is 47.6 Å². The summed E-state index contributed by atoms with van der Waals surface area (Å²) in [5.74, 6) is -0.545. The maximum atomic E-state index is 13.3. The number of hydrogen-bond acceptors (Lipinski definition) is 4. The molecule has 176 valence electrons. The Morgan fingerprint density at radius 3 is 2.71 bits per heavy atom. The number of halogens is 1. The molecule has 1 saturated heterocycles. The lowest BCUT2D eigenvalue weighted by atomic mass is 10.0. The third-order valence-electron chi connectivity index (χ3n) is 6.78. The van der Waals surface area contributed by atoms with Gasteiger partial charge in [-0.05, 0) is 61.4 Å². The molecule has 0 radical (unpaired) electrons. The fourth-order valence-corrected chi connectivity index (χ4v) is 4.97. The maximum absolute atomic E-state index is 13.3. The van der Waals surface area contributed by atoms with Crippen LogP contribution >= 0.6 is 0 Å². The summed E-state index contributed by atoms with van der Waals surface area (Å²) in [5, 5.41) is 4.41. The van der Waals surface area contributed by atoms with E-state index in [4.69, 9.17) is 4.98 Å². The first kappa shape index (κ1) is 21.3. The number of hydrogen-bond donors (Lipinski definition) is 0. The minimum Gasteiger partial charge on any atom is -0.337 e. The molecular weight excluding hydrogens is 447 g/mol. The van der Waals surface area contributed by atoms with Crippen LogP contribution in [-0.2, 0) is 7.05 Å². The van der Waals surface area contributed by atoms with Crippen molar-refractivity contribution in [2.75, 3.05) is 13.1 Å². The molecule has 8 nitrogen and oxygen atoms in total. The monoisotopic (exact) mass is 470 g/mol. The Morgan fingerprint density at radius 2 is 1.89 bits per heavy atom. The predicted octanol–water partition coefficient (Wildman–Crippen LogP) is 3.67. The summed E-state index contributed by atoms with van der Waals surface area (Å²) in [4.78, 5) is 33.0. The van der Waals surface area contributed by atoms with E-state index in [1.807, 2.05) is 36.5 Å². The van der Waals surface area contributed by atoms with Crippen LogP contribution < -0.4 is 5.69 Å². The first-order chi connectivity index (χ1) is 17.0. The number of benzene rings is 1. The minimum absolute atomic E-state index is 0.161. The molecule has 4 aromatic heterocycles. The van der Waals surface area contributed by atoms with E-state index in [-0.39, 0.29) is 23.5 Å². The van der Waals surface area contributed by atoms with Gasteiger partial charge in [-0.25, -0.2) is 18.7 Å². The number of piperidine rings is 1. The molecule has 1 aliphatic rings. The number of pyridine rings is 2. The van der Waals surface area contributed by atoms with Gasteiger partial charge in [-0.2, -0.15) is 5.10 Å². The fraction of sp³-hybridized carbons (Fsp3) is 0.231. The van der Waals surface area contributed by atoms with Crippen LogP contribution in [0, 0.1) is 5.82 Å². The zero-order valence-electron chi connectivity index (χ0n) is 19.1. The van der Waals surface area contributed by atoms with Crippen molar-refractivity contribution >= 4 is 22.6 Å². The van der Waals surface area contributed by atoms with Crippen molar-refractivity contribution in [3.63, 3.8) is 0 Å². The second-order valence-electron chi connectivity index (χ2n) is 8.89. The summed E-state index contributed by atoms with van der Waals surface area (Å²) < 4.78 is 18.4. The Morgan fingerprint density at radius 1 is 1.06 bits per heavy atom. The lowest BCUT2D eigenvalue weighted by Gasteiger charge is -2.33. The highest BCUT2D eigenvalue weighted by molar-refractivity contribution is 5.94. The summed E-state index contributed by atoms with van der Waals surface area (Å²) in [6, 6.07) is 15.0. The van der Waals surface area contributed by atoms with Crippen LogP contribution in [0.5, 0.6) is 0 Å². The molecule has 1 unspecified atom stereocenters. The van der Waals surface area contributed by atoms with E-state index in [2.05, 4.69) is 5.10 Å². The molecule has 35 heavy (non-hydrogen) atoms. The number of carbonyl (C=O) groups is 1. The fourth-order valence-electron chi connectivity index (χ4n) is 4.97. The highest BCUT2D eigenvalue weighted by Crippen LogP contribution is 2.28. The quantitative estimate of drug-likeness (QED) is 0.403. The molecule has 1 aliphatic heterocycles. The maximum Gasteiger partial charge on any atom is 0.330 e. The van der Waals surface area contributed by atoms with E-state index in [1.54, 1.807) is 31.8 Å². The van der Waals surface area contributed by atoms with Crippen LogP contribution in [0.4, 0.5) is 4.39 Å². The van der Waals surface area contributed by atoms with E-state index >= 15 is 0 Å². The number of rotatable bonds is 3. The zero-order valence-corrected chi connectivity index (χ0v) is 19.1. The highest BCUT2D eigenvalue weighted by atomic mass is 19.1. The largest absolute Gasteiger partial charge is 0.337 e. The summed E-state index contributed by atoms with van der Waals surface area (Å²) in [6.45, 7) is 0.977. The average molecular weight is 471 g/mol. The third kappa shape index (κ3) is 3.51. The van der Waals surface area contributed by atoms with Gasteiger partial charge < -0.3 is 4.90 Å². The Kier molecular flexibility index (Phi) is 4.98. The Balaban J connectivity index is 1.40. The SMILES string of the molecule is Cn1c(=O)n(C2CCCN(C(=O)c3ccc(F)cc3)C2)c2nc(-c3cnn4ccccc34)ccc21. The first-order valence-corrected chi connectivity index (χ1v) is 11.6. The average Bonchev–Trinajstić information content (AvgIpc) is 3.43. The number of likely N-dealkylation sites (tertiary alicyclic amines) is 1. The van der Waals surface area contributed by atoms with Gasteiger partial charge in [-0.1, -0.05) is 6.07 Å². The molecule has 0 N–H and O–H groups in total. The normalized spacial score (nSPS) is 16.3. The summed E-state index contributed by atoms with van der Waals surface area (Å²) >= 11 is 0. The number of imidazole rings is 1. The lowest BCUT2D eigenvalue weighted by molar-refractivity contribution is 0.0679. The molecule has 5 heterocycles. The van der Waals surface area contributed by atoms with E-state index in [0.717, 1.165) is 35.1 Å². The van der Waals surface area contributed by atoms with E-state index in [0.29, 0.717) is 24.3 Å². The van der Waals surface area contributed by atoms with Crippen LogP contribution in [0.15, 0.2) is 71.8 Å². The highest BCUT2D eigenvalue weighted by Gasteiger charge is 2.29. The van der Waals surface area contributed by atoms with Crippen LogP contribution in [0.25, 0.3) is 27.9 Å². The molecule has 0 aliphatic carbocycles. The molecule has 1 aromatic carbocycles. The lowest BCUT2D eigenvalue weighted by Crippen LogP contribution is -2.43. The summed E-state index contributed by atoms with van der Waals surface area (Å²) in [7, 11) is 1.74. The third-order valence-corrected chi connectivity index (χ3v) is 6.78. The zero-order chi connectivity index (χ0) is 24.1. The summed E-state index contributed by atoms with van der Waals surface area (Å²) in [5.41, 5.74) is 4.14. The number of carbonyl (C=O) groups excluding carboxylic acids is 1. The summed E-state index contributed by atoms with van der Waals surface area (Å²) in [6.07, 6.45) is 5.17. The second-order valence-corrected chi connectivity index (χ2v) is 8.89. The number of nitrogens with zero attached hydrogens (tertiary/aromatic N) is 6. The van der Waals surface area contributed by atoms with Crippen LogP contribution in [0.1, 0.15) is 29.2 Å². The molecule has 1 amide bonds. The molecular formula is C26H23FN6O2. The molecule has 9 heteroatoms. The van der Waals surface area contributed by atoms with Gasteiger partial charge in [0.25, 0.3) is 5.91 Å². The van der Waals surface area contributed by atoms with Crippen molar-refractivity contribution in [3.8, 4) is 11.3 Å². The number of aromatic nitrogens is 5. The van der Waals surface area contributed by atoms with Crippen molar-refractivity contribution in [2.45, 2.75) is 18.9 Å². The molecule has 0 spiro atoms. The first-order valence-electron chi connectivity index (χ1n) is 11.6. The second kappa shape index (κ2) is 8.19. The molecule has 6 rings (SSSR count). The van der Waals surface area contributed by atoms with Gasteiger partial charge in [-0.3, -0.25) is 13.9 Å². The molecule has 0 bridgehead atoms. The van der Waals surface area contributed by atoms with Gasteiger partial charge in [0, 0.05) is 37.5 Å². The Labute approximate surface area is 199 Å². The predicted molar refractivity (Wildman–Crippen MR) is 130 cm³/mol. The topological polar surface area (TPSA) is 77.4 Å². The standard InChI is InChI=1S/C26H23FN6O2/c1-30-23-12-11-21(20-15-28-32-14-3-2-6-22(20)32)29-24(23)33(26(30)35)19-5-4-13-31(16-19)25(34)17-7-9-18(27)10-8-17/h2-3,6-12,14-15,19H,4-5,13,16H2,1H3. The Bertz CT molecular complexity index is 1630. The van der Waals surface area contributed by atoms with Gasteiger partial charge in [-0.15, -0.1) is 0 Å². The van der Waals surface area contributed by atoms with Gasteiger partial charge >= 0.3 is 5.69 Å². The molecule has 1 atom stereocenters. The van der Waals surface area contributed by atoms with Gasteiger partial charge in [0.1, 0.15) is 5.82 Å². The van der Waals surface area contributed by atoms with Crippen molar-refractivity contribution in [2.24, 2.45) is 7.05 Å². The molecule has 1 fully saturated rings. The number of amides is 1. The van der Waals surface area contributed by atoms with E-state index in [1.165, 1.54) is 24.3 Å². The minimum atomic E-state index is -0.381. The van der Waals surface area contributed by atoms with Crippen molar-refractivity contribution in [3.05, 3.63) is 88.9 Å². The molecule has 0 saturated carbocycles. The van der Waals surface area contributed by atoms with Gasteiger partial charge in [0.05, 0.1) is 29.0 Å². The number of aryl methyl sites for hydroxylation is 1.